The Bertz CT molecular complexity index is 1560. The number of pyridine rings is 1. The van der Waals surface area contributed by atoms with Crippen LogP contribution < -0.4 is 0 Å². The van der Waals surface area contributed by atoms with Crippen molar-refractivity contribution in [2.24, 2.45) is 11.8 Å². The second kappa shape index (κ2) is 11.0. The molecule has 1 aliphatic heterocycles. The van der Waals surface area contributed by atoms with Crippen molar-refractivity contribution in [2.45, 2.75) is 71.3 Å². The lowest BCUT2D eigenvalue weighted by molar-refractivity contribution is -0.154. The van der Waals surface area contributed by atoms with Gasteiger partial charge in [0.2, 0.25) is 5.91 Å². The van der Waals surface area contributed by atoms with Gasteiger partial charge in [0.15, 0.2) is 11.3 Å². The minimum absolute atomic E-state index is 0.0249. The van der Waals surface area contributed by atoms with Crippen molar-refractivity contribution in [1.82, 2.24) is 14.8 Å². The van der Waals surface area contributed by atoms with Crippen LogP contribution >= 0.6 is 11.6 Å². The summed E-state index contributed by atoms with van der Waals surface area (Å²) >= 11 is 5.89. The molecule has 0 radical (unpaired) electrons. The van der Waals surface area contributed by atoms with Crippen LogP contribution in [0, 0.1) is 17.7 Å². The molecule has 224 valence electrons. The number of nitrogens with zero attached hydrogens (tertiary/aromatic N) is 3. The number of fused-ring (bicyclic) bond motifs is 1. The molecule has 2 atom stereocenters. The van der Waals surface area contributed by atoms with Crippen molar-refractivity contribution >= 4 is 40.5 Å². The maximum atomic E-state index is 14.3. The third-order valence-electron chi connectivity index (χ3n) is 8.57. The van der Waals surface area contributed by atoms with Crippen LogP contribution in [-0.2, 0) is 15.0 Å². The Balaban J connectivity index is 1.43. The van der Waals surface area contributed by atoms with Gasteiger partial charge in [-0.3, -0.25) is 14.4 Å². The summed E-state index contributed by atoms with van der Waals surface area (Å²) in [4.78, 5) is 47.2. The Kier molecular flexibility index (Phi) is 7.85. The van der Waals surface area contributed by atoms with E-state index in [0.717, 1.165) is 18.4 Å². The summed E-state index contributed by atoms with van der Waals surface area (Å²) in [6.45, 7) is 10.8. The van der Waals surface area contributed by atoms with E-state index in [1.165, 1.54) is 12.1 Å². The second-order valence-electron chi connectivity index (χ2n) is 13.1. The third-order valence-corrected chi connectivity index (χ3v) is 8.88. The van der Waals surface area contributed by atoms with Crippen molar-refractivity contribution in [2.75, 3.05) is 19.6 Å². The number of hydrogen-bond acceptors (Lipinski definition) is 5. The van der Waals surface area contributed by atoms with Gasteiger partial charge in [0.05, 0.1) is 28.1 Å². The fourth-order valence-corrected chi connectivity index (χ4v) is 6.41. The van der Waals surface area contributed by atoms with Crippen molar-refractivity contribution in [3.8, 4) is 11.3 Å². The first-order valence-electron chi connectivity index (χ1n) is 14.4. The van der Waals surface area contributed by atoms with E-state index in [2.05, 4.69) is 0 Å². The first-order chi connectivity index (χ1) is 19.7. The molecule has 1 aliphatic carbocycles. The summed E-state index contributed by atoms with van der Waals surface area (Å²) in [6.07, 6.45) is 2.74. The number of carboxylic acid groups (broad SMARTS) is 1. The quantitative estimate of drug-likeness (QED) is 0.366. The number of furan rings is 1. The molecule has 3 aromatic rings. The van der Waals surface area contributed by atoms with Crippen LogP contribution in [0.25, 0.3) is 22.4 Å². The molecule has 10 heteroatoms. The van der Waals surface area contributed by atoms with Crippen molar-refractivity contribution in [3.63, 3.8) is 0 Å². The lowest BCUT2D eigenvalue weighted by Gasteiger charge is -2.48. The number of piperazine rings is 1. The first-order valence-corrected chi connectivity index (χ1v) is 14.8. The number of amides is 2. The van der Waals surface area contributed by atoms with E-state index >= 15 is 0 Å². The number of carbonyl (C=O) groups is 3. The highest BCUT2D eigenvalue weighted by molar-refractivity contribution is 6.30. The number of benzene rings is 1. The molecular formula is C32H37ClFN3O5. The summed E-state index contributed by atoms with van der Waals surface area (Å²) in [6, 6.07) is 8.00. The minimum Gasteiger partial charge on any atom is -0.481 e. The zero-order valence-electron chi connectivity index (χ0n) is 24.7. The van der Waals surface area contributed by atoms with Crippen LogP contribution in [0.5, 0.6) is 0 Å². The van der Waals surface area contributed by atoms with Crippen LogP contribution in [0.4, 0.5) is 4.39 Å². The van der Waals surface area contributed by atoms with Gasteiger partial charge in [0, 0.05) is 36.8 Å². The maximum absolute atomic E-state index is 14.3. The highest BCUT2D eigenvalue weighted by atomic mass is 35.5. The van der Waals surface area contributed by atoms with Gasteiger partial charge in [-0.2, -0.15) is 0 Å². The molecule has 2 amide bonds. The topological polar surface area (TPSA) is 104 Å². The third kappa shape index (κ3) is 5.63. The molecule has 2 aliphatic rings. The summed E-state index contributed by atoms with van der Waals surface area (Å²) in [5.74, 6) is -2.98. The number of halogens is 2. The minimum atomic E-state index is -0.918. The zero-order chi connectivity index (χ0) is 30.6. The van der Waals surface area contributed by atoms with Gasteiger partial charge in [-0.15, -0.1) is 0 Å². The SMILES string of the molecule is CC(C)(C)c1cc(-c2ccc(Cl)c(F)c2)nc2cc(C(=O)N3CCN(C(=O)[C@H]4CCCC[C@H]4C(=O)O)CC3(C)C)oc12. The van der Waals surface area contributed by atoms with Crippen molar-refractivity contribution in [3.05, 3.63) is 52.5 Å². The average Bonchev–Trinajstić information content (AvgIpc) is 3.36. The van der Waals surface area contributed by atoms with Crippen LogP contribution in [0.1, 0.15) is 76.4 Å². The molecule has 42 heavy (non-hydrogen) atoms. The van der Waals surface area contributed by atoms with E-state index in [1.54, 1.807) is 21.9 Å². The Labute approximate surface area is 249 Å². The maximum Gasteiger partial charge on any atom is 0.307 e. The number of carboxylic acids is 1. The molecule has 0 spiro atoms. The number of carbonyl (C=O) groups excluding carboxylic acids is 2. The molecular weight excluding hydrogens is 561 g/mol. The van der Waals surface area contributed by atoms with Crippen molar-refractivity contribution in [1.29, 1.82) is 0 Å². The molecule has 1 aromatic carbocycles. The van der Waals surface area contributed by atoms with Gasteiger partial charge in [-0.25, -0.2) is 9.37 Å². The summed E-state index contributed by atoms with van der Waals surface area (Å²) in [5.41, 5.74) is 1.82. The fraction of sp³-hybridized carbons (Fsp3) is 0.500. The van der Waals surface area contributed by atoms with E-state index in [1.807, 2.05) is 40.7 Å². The molecule has 8 nitrogen and oxygen atoms in total. The van der Waals surface area contributed by atoms with Gasteiger partial charge in [-0.1, -0.05) is 51.3 Å². The zero-order valence-corrected chi connectivity index (χ0v) is 25.4. The molecule has 1 saturated heterocycles. The van der Waals surface area contributed by atoms with Gasteiger partial charge >= 0.3 is 5.97 Å². The molecule has 2 fully saturated rings. The van der Waals surface area contributed by atoms with Crippen LogP contribution in [0.15, 0.2) is 34.7 Å². The largest absolute Gasteiger partial charge is 0.481 e. The van der Waals surface area contributed by atoms with Crippen LogP contribution in [0.3, 0.4) is 0 Å². The van der Waals surface area contributed by atoms with E-state index < -0.39 is 29.2 Å². The molecule has 1 saturated carbocycles. The molecule has 0 unspecified atom stereocenters. The average molecular weight is 598 g/mol. The molecule has 2 aromatic heterocycles. The predicted octanol–water partition coefficient (Wildman–Crippen LogP) is 6.54. The number of rotatable bonds is 4. The highest BCUT2D eigenvalue weighted by Crippen LogP contribution is 2.37. The second-order valence-corrected chi connectivity index (χ2v) is 13.5. The van der Waals surface area contributed by atoms with Crippen molar-refractivity contribution < 1.29 is 28.3 Å². The Morgan fingerprint density at radius 2 is 1.76 bits per heavy atom. The summed E-state index contributed by atoms with van der Waals surface area (Å²) in [7, 11) is 0. The number of hydrogen-bond donors (Lipinski definition) is 1. The summed E-state index contributed by atoms with van der Waals surface area (Å²) < 4.78 is 20.4. The highest BCUT2D eigenvalue weighted by Gasteiger charge is 2.44. The monoisotopic (exact) mass is 597 g/mol. The van der Waals surface area contributed by atoms with Gasteiger partial charge in [-0.05, 0) is 50.3 Å². The molecule has 1 N–H and O–H groups in total. The Morgan fingerprint density at radius 1 is 1.07 bits per heavy atom. The van der Waals surface area contributed by atoms with Gasteiger partial charge in [0.25, 0.3) is 5.91 Å². The first kappa shape index (κ1) is 30.0. The lowest BCUT2D eigenvalue weighted by Crippen LogP contribution is -2.63. The van der Waals surface area contributed by atoms with E-state index in [-0.39, 0.29) is 34.6 Å². The number of aromatic nitrogens is 1. The fourth-order valence-electron chi connectivity index (χ4n) is 6.30. The van der Waals surface area contributed by atoms with E-state index in [9.17, 15) is 23.9 Å². The Hall–Kier alpha value is -3.46. The predicted molar refractivity (Wildman–Crippen MR) is 158 cm³/mol. The lowest BCUT2D eigenvalue weighted by atomic mass is 9.78. The van der Waals surface area contributed by atoms with Crippen LogP contribution in [0.2, 0.25) is 5.02 Å². The van der Waals surface area contributed by atoms with Gasteiger partial charge < -0.3 is 19.3 Å². The molecule has 5 rings (SSSR count). The molecule has 3 heterocycles. The van der Waals surface area contributed by atoms with E-state index in [0.29, 0.717) is 48.3 Å². The Morgan fingerprint density at radius 3 is 2.38 bits per heavy atom. The van der Waals surface area contributed by atoms with Gasteiger partial charge in [0.1, 0.15) is 11.3 Å². The van der Waals surface area contributed by atoms with Crippen LogP contribution in [-0.4, -0.2) is 62.8 Å². The summed E-state index contributed by atoms with van der Waals surface area (Å²) in [5, 5.41) is 9.70. The van der Waals surface area contributed by atoms with E-state index in [4.69, 9.17) is 21.0 Å². The standard InChI is InChI=1S/C32H37ClFN3O5/c1-31(2,3)21-15-24(18-10-11-22(33)23(34)14-18)35-25-16-26(42-27(21)25)29(39)37-13-12-36(17-32(37,4)5)28(38)19-8-6-7-9-20(19)30(40)41/h10-11,14-16,19-20H,6-9,12-13,17H2,1-5H3,(H,40,41)/t19-,20+/m0/s1. The molecule has 0 bridgehead atoms. The normalized spacial score (nSPS) is 21.0. The smallest absolute Gasteiger partial charge is 0.307 e. The number of aliphatic carboxylic acids is 1.